The lowest BCUT2D eigenvalue weighted by Crippen LogP contribution is -1.93. The van der Waals surface area contributed by atoms with Crippen LogP contribution in [0.1, 0.15) is 12.5 Å². The van der Waals surface area contributed by atoms with Crippen LogP contribution >= 0.6 is 0 Å². The average Bonchev–Trinajstić information content (AvgIpc) is 3.69. The number of hydrogen-bond acceptors (Lipinski definition) is 1. The van der Waals surface area contributed by atoms with E-state index in [-0.39, 0.29) is 0 Å². The molecule has 0 bridgehead atoms. The normalized spacial score (nSPS) is 12.8. The highest BCUT2D eigenvalue weighted by Gasteiger charge is 2.27. The first-order valence-corrected chi connectivity index (χ1v) is 17.5. The maximum Gasteiger partial charge on any atom is 0.150 e. The van der Waals surface area contributed by atoms with E-state index in [1.54, 1.807) is 12.2 Å². The van der Waals surface area contributed by atoms with Crippen LogP contribution < -0.4 is 0 Å². The minimum absolute atomic E-state index is 0.619. The van der Waals surface area contributed by atoms with Crippen LogP contribution in [0.25, 0.3) is 103 Å². The van der Waals surface area contributed by atoms with Gasteiger partial charge in [-0.2, -0.15) is 0 Å². The monoisotopic (exact) mass is 648 g/mol. The maximum atomic E-state index is 12.4. The highest BCUT2D eigenvalue weighted by atomic mass is 16.1. The molecule has 0 spiro atoms. The highest BCUT2D eigenvalue weighted by Crippen LogP contribution is 2.55. The van der Waals surface area contributed by atoms with Crippen molar-refractivity contribution in [1.82, 2.24) is 0 Å². The fraction of sp³-hybridized carbons (Fsp3) is 0.0200. The van der Waals surface area contributed by atoms with E-state index >= 15 is 0 Å². The molecule has 0 saturated heterocycles. The molecular weight excluding hydrogens is 617 g/mol. The predicted octanol–water partition coefficient (Wildman–Crippen LogP) is 13.7. The van der Waals surface area contributed by atoms with Crippen LogP contribution in [0.15, 0.2) is 170 Å². The second kappa shape index (κ2) is 11.2. The molecule has 0 aromatic heterocycles. The second-order valence-electron chi connectivity index (χ2n) is 13.4. The highest BCUT2D eigenvalue weighted by molar-refractivity contribution is 6.45. The van der Waals surface area contributed by atoms with Gasteiger partial charge >= 0.3 is 0 Å². The minimum Gasteiger partial charge on any atom is -0.298 e. The van der Waals surface area contributed by atoms with Gasteiger partial charge in [0.2, 0.25) is 0 Å². The number of carbonyl (C=O) groups is 1. The zero-order valence-electron chi connectivity index (χ0n) is 28.2. The van der Waals surface area contributed by atoms with E-state index in [0.29, 0.717) is 5.57 Å². The van der Waals surface area contributed by atoms with E-state index in [1.807, 2.05) is 13.0 Å². The van der Waals surface area contributed by atoms with E-state index in [1.165, 1.54) is 92.3 Å². The molecule has 1 heteroatoms. The van der Waals surface area contributed by atoms with Crippen LogP contribution in [0.4, 0.5) is 0 Å². The van der Waals surface area contributed by atoms with Crippen molar-refractivity contribution in [1.29, 1.82) is 0 Å². The largest absolute Gasteiger partial charge is 0.298 e. The van der Waals surface area contributed by atoms with Gasteiger partial charge in [-0.1, -0.05) is 158 Å². The van der Waals surface area contributed by atoms with Crippen LogP contribution in [-0.2, 0) is 4.79 Å². The average molecular weight is 649 g/mol. The van der Waals surface area contributed by atoms with E-state index in [2.05, 4.69) is 146 Å². The van der Waals surface area contributed by atoms with Crippen molar-refractivity contribution in [3.05, 3.63) is 175 Å². The number of aldehydes is 1. The van der Waals surface area contributed by atoms with Gasteiger partial charge in [0.25, 0.3) is 0 Å². The van der Waals surface area contributed by atoms with Gasteiger partial charge in [-0.15, -0.1) is 0 Å². The van der Waals surface area contributed by atoms with Crippen molar-refractivity contribution in [3.8, 4) is 22.3 Å². The molecule has 238 valence electrons. The Morgan fingerprint density at radius 3 is 1.67 bits per heavy atom. The van der Waals surface area contributed by atoms with Crippen molar-refractivity contribution in [2.24, 2.45) is 0 Å². The molecule has 0 fully saturated rings. The molecule has 0 aliphatic carbocycles. The number of hydrogen-bond donors (Lipinski definition) is 0. The molecule has 0 aliphatic rings. The summed E-state index contributed by atoms with van der Waals surface area (Å²) in [4.78, 5) is 12.4. The number of allylic oxidation sites excluding steroid dienone is 5. The molecule has 0 atom stereocenters. The zero-order chi connectivity index (χ0) is 34.2. The van der Waals surface area contributed by atoms with Crippen molar-refractivity contribution < 1.29 is 4.79 Å². The number of rotatable bonds is 6. The summed E-state index contributed by atoms with van der Waals surface area (Å²) in [5, 5.41) is 17.7. The summed E-state index contributed by atoms with van der Waals surface area (Å²) in [7, 11) is 0. The fourth-order valence-electron chi connectivity index (χ4n) is 9.04. The Bertz CT molecular complexity index is 3090. The molecule has 10 rings (SSSR count). The molecule has 10 aromatic rings. The molecule has 51 heavy (non-hydrogen) atoms. The van der Waals surface area contributed by atoms with Gasteiger partial charge in [0, 0.05) is 5.57 Å². The molecule has 0 radical (unpaired) electrons. The smallest absolute Gasteiger partial charge is 0.150 e. The Labute approximate surface area is 295 Å². The van der Waals surface area contributed by atoms with Gasteiger partial charge in [0.05, 0.1) is 0 Å². The minimum atomic E-state index is 0.619. The molecule has 0 aliphatic heterocycles. The number of benzene rings is 8. The Balaban J connectivity index is 1.52. The Kier molecular flexibility index (Phi) is 6.47. The van der Waals surface area contributed by atoms with Crippen molar-refractivity contribution in [2.75, 3.05) is 0 Å². The van der Waals surface area contributed by atoms with E-state index in [0.717, 1.165) is 22.8 Å². The number of carbonyl (C=O) groups excluding carboxylic acids is 1. The van der Waals surface area contributed by atoms with Crippen LogP contribution in [0.2, 0.25) is 0 Å². The standard InChI is InChI=1S/C50H32O/c1-3-15-32(29-51)33(4-2)36-26-27-41-46-38(36)23-14-25-40(46)49-44(30-16-7-5-8-17-30)43-28-42-35-21-12-11-20-34(35)37-22-13-24-39(47(37)42)48(43)45(50(41)49)31-18-9-6-10-19-31/h3-29H,1H2,2H3/b32-15-,33-4+. The van der Waals surface area contributed by atoms with E-state index in [9.17, 15) is 4.79 Å². The molecular formula is C50H32O. The molecule has 10 aromatic carbocycles. The quantitative estimate of drug-likeness (QED) is 0.0759. The third-order valence-electron chi connectivity index (χ3n) is 11.0. The Hall–Kier alpha value is -6.57. The first kappa shape index (κ1) is 29.4. The second-order valence-corrected chi connectivity index (χ2v) is 13.4. The summed E-state index contributed by atoms with van der Waals surface area (Å²) in [6, 6.07) is 51.2. The molecule has 0 N–H and O–H groups in total. The van der Waals surface area contributed by atoms with Crippen LogP contribution in [0, 0.1) is 0 Å². The van der Waals surface area contributed by atoms with Crippen molar-refractivity contribution >= 4 is 87.3 Å². The summed E-state index contributed by atoms with van der Waals surface area (Å²) in [5.41, 5.74) is 7.48. The topological polar surface area (TPSA) is 17.1 Å². The molecule has 0 unspecified atom stereocenters. The van der Waals surface area contributed by atoms with Crippen LogP contribution in [0.3, 0.4) is 0 Å². The Morgan fingerprint density at radius 2 is 1.00 bits per heavy atom. The fourth-order valence-corrected chi connectivity index (χ4v) is 9.04. The third kappa shape index (κ3) is 4.00. The molecule has 0 heterocycles. The summed E-state index contributed by atoms with van der Waals surface area (Å²) < 4.78 is 0. The SMILES string of the molecule is C=C/C=C(C=O)\C(=C/C)c1ccc2c3c(-c4ccccc4)c4c(cc5c6ccccc6c6cccc4c65)c(-c4ccccc4)c3c3cccc1c32. The van der Waals surface area contributed by atoms with E-state index in [4.69, 9.17) is 0 Å². The van der Waals surface area contributed by atoms with Gasteiger partial charge < -0.3 is 0 Å². The summed E-state index contributed by atoms with van der Waals surface area (Å²) in [6.45, 7) is 5.88. The first-order chi connectivity index (χ1) is 25.2. The Morgan fingerprint density at radius 1 is 0.471 bits per heavy atom. The van der Waals surface area contributed by atoms with Crippen molar-refractivity contribution in [2.45, 2.75) is 6.92 Å². The lowest BCUT2D eigenvalue weighted by atomic mass is 9.84. The van der Waals surface area contributed by atoms with Gasteiger partial charge in [-0.3, -0.25) is 4.79 Å². The third-order valence-corrected chi connectivity index (χ3v) is 11.0. The molecule has 1 nitrogen and oxygen atoms in total. The molecule has 0 saturated carbocycles. The zero-order valence-corrected chi connectivity index (χ0v) is 28.2. The van der Waals surface area contributed by atoms with Gasteiger partial charge in [-0.25, -0.2) is 0 Å². The number of fused-ring (bicyclic) bond motifs is 8. The lowest BCUT2D eigenvalue weighted by Gasteiger charge is -2.19. The van der Waals surface area contributed by atoms with Crippen LogP contribution in [0.5, 0.6) is 0 Å². The van der Waals surface area contributed by atoms with Gasteiger partial charge in [-0.05, 0) is 122 Å². The van der Waals surface area contributed by atoms with Gasteiger partial charge in [0.15, 0.2) is 6.29 Å². The maximum absolute atomic E-state index is 12.4. The molecule has 0 amide bonds. The summed E-state index contributed by atoms with van der Waals surface area (Å²) in [5.74, 6) is 0. The predicted molar refractivity (Wildman–Crippen MR) is 220 cm³/mol. The summed E-state index contributed by atoms with van der Waals surface area (Å²) >= 11 is 0. The van der Waals surface area contributed by atoms with E-state index < -0.39 is 0 Å². The summed E-state index contributed by atoms with van der Waals surface area (Å²) in [6.07, 6.45) is 6.45. The van der Waals surface area contributed by atoms with Crippen molar-refractivity contribution in [3.63, 3.8) is 0 Å². The lowest BCUT2D eigenvalue weighted by molar-refractivity contribution is -0.104. The van der Waals surface area contributed by atoms with Crippen LogP contribution in [-0.4, -0.2) is 6.29 Å². The van der Waals surface area contributed by atoms with Gasteiger partial charge in [0.1, 0.15) is 0 Å². The first-order valence-electron chi connectivity index (χ1n) is 17.5.